The Labute approximate surface area is 208 Å². The van der Waals surface area contributed by atoms with Crippen molar-refractivity contribution in [3.05, 3.63) is 138 Å². The van der Waals surface area contributed by atoms with Gasteiger partial charge >= 0.3 is 5.97 Å². The fourth-order valence-electron chi connectivity index (χ4n) is 4.19. The summed E-state index contributed by atoms with van der Waals surface area (Å²) in [4.78, 5) is 12.6. The van der Waals surface area contributed by atoms with Crippen LogP contribution in [0.25, 0.3) is 11.1 Å². The lowest BCUT2D eigenvalue weighted by molar-refractivity contribution is 0.0734. The highest BCUT2D eigenvalue weighted by Crippen LogP contribution is 2.24. The lowest BCUT2D eigenvalue weighted by atomic mass is 9.93. The summed E-state index contributed by atoms with van der Waals surface area (Å²) >= 11 is 0. The van der Waals surface area contributed by atoms with E-state index in [1.54, 1.807) is 0 Å². The van der Waals surface area contributed by atoms with Crippen molar-refractivity contribution in [3.8, 4) is 16.9 Å². The maximum Gasteiger partial charge on any atom is 0.343 e. The van der Waals surface area contributed by atoms with E-state index >= 15 is 0 Å². The van der Waals surface area contributed by atoms with Gasteiger partial charge in [0, 0.05) is 0 Å². The lowest BCUT2D eigenvalue weighted by Crippen LogP contribution is -2.08. The first kappa shape index (κ1) is 24.2. The van der Waals surface area contributed by atoms with E-state index in [0.717, 1.165) is 30.4 Å². The molecule has 0 saturated carbocycles. The van der Waals surface area contributed by atoms with Gasteiger partial charge in [-0.1, -0.05) is 97.9 Å². The second-order valence-corrected chi connectivity index (χ2v) is 8.93. The highest BCUT2D eigenvalue weighted by atomic mass is 16.5. The van der Waals surface area contributed by atoms with Gasteiger partial charge in [0.1, 0.15) is 5.75 Å². The van der Waals surface area contributed by atoms with Crippen LogP contribution in [-0.2, 0) is 12.8 Å². The number of benzene rings is 4. The van der Waals surface area contributed by atoms with Crippen LogP contribution in [0.2, 0.25) is 0 Å². The van der Waals surface area contributed by atoms with Gasteiger partial charge in [0.05, 0.1) is 5.56 Å². The topological polar surface area (TPSA) is 26.3 Å². The van der Waals surface area contributed by atoms with E-state index in [0.29, 0.717) is 17.2 Å². The number of esters is 1. The standard InChI is InChI=1S/C33H32O2/c1-3-4-6-9-26-14-22-32(23-15-26)35-33(34)31-20-18-30(19-21-31)29-16-12-27(13-17-29)24-25(2)28-10-7-5-8-11-28/h3-5,7-8,10-23,25H,6,9,24H2,1-2H3/b4-3+/t25-/m1/s1. The van der Waals surface area contributed by atoms with Crippen LogP contribution in [0.3, 0.4) is 0 Å². The first-order valence-corrected chi connectivity index (χ1v) is 12.3. The van der Waals surface area contributed by atoms with Crippen molar-refractivity contribution in [3.63, 3.8) is 0 Å². The Hall–Kier alpha value is -3.91. The van der Waals surface area contributed by atoms with E-state index in [9.17, 15) is 4.79 Å². The zero-order chi connectivity index (χ0) is 24.5. The minimum absolute atomic E-state index is 0.344. The molecule has 35 heavy (non-hydrogen) atoms. The molecule has 0 saturated heterocycles. The second kappa shape index (κ2) is 12.0. The molecule has 0 aliphatic rings. The summed E-state index contributed by atoms with van der Waals surface area (Å²) in [6.07, 6.45) is 7.21. The van der Waals surface area contributed by atoms with Crippen molar-refractivity contribution in [1.29, 1.82) is 0 Å². The summed E-state index contributed by atoms with van der Waals surface area (Å²) < 4.78 is 5.56. The predicted molar refractivity (Wildman–Crippen MR) is 145 cm³/mol. The highest BCUT2D eigenvalue weighted by Gasteiger charge is 2.10. The molecule has 4 rings (SSSR count). The van der Waals surface area contributed by atoms with Crippen LogP contribution in [0, 0.1) is 0 Å². The summed E-state index contributed by atoms with van der Waals surface area (Å²) in [5.74, 6) is 0.694. The van der Waals surface area contributed by atoms with Crippen LogP contribution in [0.1, 0.15) is 53.2 Å². The Morgan fingerprint density at radius 2 is 1.37 bits per heavy atom. The average Bonchev–Trinajstić information content (AvgIpc) is 2.91. The molecule has 0 N–H and O–H groups in total. The van der Waals surface area contributed by atoms with E-state index in [-0.39, 0.29) is 5.97 Å². The number of rotatable bonds is 9. The van der Waals surface area contributed by atoms with Crippen LogP contribution in [-0.4, -0.2) is 5.97 Å². The van der Waals surface area contributed by atoms with Crippen molar-refractivity contribution in [2.75, 3.05) is 0 Å². The first-order chi connectivity index (χ1) is 17.1. The maximum absolute atomic E-state index is 12.6. The van der Waals surface area contributed by atoms with Gasteiger partial charge in [0.25, 0.3) is 0 Å². The van der Waals surface area contributed by atoms with Gasteiger partial charge in [-0.3, -0.25) is 0 Å². The third-order valence-corrected chi connectivity index (χ3v) is 6.29. The molecule has 0 aliphatic carbocycles. The molecule has 176 valence electrons. The summed E-state index contributed by atoms with van der Waals surface area (Å²) in [6.45, 7) is 4.29. The van der Waals surface area contributed by atoms with Crippen LogP contribution in [0.15, 0.2) is 115 Å². The van der Waals surface area contributed by atoms with Crippen molar-refractivity contribution < 1.29 is 9.53 Å². The van der Waals surface area contributed by atoms with Crippen LogP contribution < -0.4 is 4.74 Å². The number of carbonyl (C=O) groups is 1. The SMILES string of the molecule is C/C=C/CCc1ccc(OC(=O)c2ccc(-c3ccc(C[C@@H](C)c4ccccc4)cc3)cc2)cc1. The Balaban J connectivity index is 1.34. The molecule has 4 aromatic rings. The van der Waals surface area contributed by atoms with E-state index in [1.165, 1.54) is 16.7 Å². The van der Waals surface area contributed by atoms with Crippen molar-refractivity contribution >= 4 is 5.97 Å². The Bertz CT molecular complexity index is 1240. The molecule has 0 aliphatic heterocycles. The minimum atomic E-state index is -0.344. The smallest absolute Gasteiger partial charge is 0.343 e. The number of hydrogen-bond acceptors (Lipinski definition) is 2. The molecule has 0 bridgehead atoms. The third-order valence-electron chi connectivity index (χ3n) is 6.29. The Morgan fingerprint density at radius 1 is 0.771 bits per heavy atom. The molecule has 0 fully saturated rings. The van der Waals surface area contributed by atoms with Crippen molar-refractivity contribution in [2.24, 2.45) is 0 Å². The molecule has 4 aromatic carbocycles. The van der Waals surface area contributed by atoms with Gasteiger partial charge in [-0.05, 0) is 84.2 Å². The predicted octanol–water partition coefficient (Wildman–Crippen LogP) is 8.43. The molecule has 0 radical (unpaired) electrons. The lowest BCUT2D eigenvalue weighted by Gasteiger charge is -2.12. The van der Waals surface area contributed by atoms with Gasteiger partial charge in [-0.15, -0.1) is 0 Å². The number of allylic oxidation sites excluding steroid dienone is 2. The molecule has 0 amide bonds. The van der Waals surface area contributed by atoms with E-state index in [1.807, 2.05) is 55.5 Å². The monoisotopic (exact) mass is 460 g/mol. The second-order valence-electron chi connectivity index (χ2n) is 8.93. The molecular formula is C33H32O2. The van der Waals surface area contributed by atoms with E-state index in [4.69, 9.17) is 4.74 Å². The van der Waals surface area contributed by atoms with Gasteiger partial charge in [-0.2, -0.15) is 0 Å². The Morgan fingerprint density at radius 3 is 2.00 bits per heavy atom. The normalized spacial score (nSPS) is 11.9. The Kier molecular flexibility index (Phi) is 8.30. The van der Waals surface area contributed by atoms with Crippen LogP contribution >= 0.6 is 0 Å². The summed E-state index contributed by atoms with van der Waals surface area (Å²) in [7, 11) is 0. The van der Waals surface area contributed by atoms with Gasteiger partial charge in [0.15, 0.2) is 0 Å². The van der Waals surface area contributed by atoms with E-state index < -0.39 is 0 Å². The first-order valence-electron chi connectivity index (χ1n) is 12.3. The summed E-state index contributed by atoms with van der Waals surface area (Å²) in [5, 5.41) is 0. The maximum atomic E-state index is 12.6. The fraction of sp³-hybridized carbons (Fsp3) is 0.182. The van der Waals surface area contributed by atoms with Crippen molar-refractivity contribution in [1.82, 2.24) is 0 Å². The fourth-order valence-corrected chi connectivity index (χ4v) is 4.19. The minimum Gasteiger partial charge on any atom is -0.423 e. The largest absolute Gasteiger partial charge is 0.423 e. The zero-order valence-electron chi connectivity index (χ0n) is 20.5. The number of aryl methyl sites for hydroxylation is 1. The third kappa shape index (κ3) is 6.80. The van der Waals surface area contributed by atoms with Crippen LogP contribution in [0.5, 0.6) is 5.75 Å². The molecule has 2 nitrogen and oxygen atoms in total. The van der Waals surface area contributed by atoms with Crippen LogP contribution in [0.4, 0.5) is 0 Å². The molecule has 0 heterocycles. The molecule has 1 atom stereocenters. The zero-order valence-corrected chi connectivity index (χ0v) is 20.5. The molecule has 2 heteroatoms. The highest BCUT2D eigenvalue weighted by molar-refractivity contribution is 5.91. The quantitative estimate of drug-likeness (QED) is 0.142. The van der Waals surface area contributed by atoms with Crippen molar-refractivity contribution in [2.45, 2.75) is 39.0 Å². The average molecular weight is 461 g/mol. The van der Waals surface area contributed by atoms with Gasteiger partial charge in [-0.25, -0.2) is 4.79 Å². The summed E-state index contributed by atoms with van der Waals surface area (Å²) in [5.41, 5.74) is 6.66. The number of hydrogen-bond donors (Lipinski definition) is 0. The number of carbonyl (C=O) groups excluding carboxylic acids is 1. The summed E-state index contributed by atoms with van der Waals surface area (Å²) in [6, 6.07) is 34.7. The molecule has 0 spiro atoms. The van der Waals surface area contributed by atoms with E-state index in [2.05, 4.69) is 73.7 Å². The number of ether oxygens (including phenoxy) is 1. The molecule has 0 aromatic heterocycles. The molecule has 0 unspecified atom stereocenters. The van der Waals surface area contributed by atoms with Gasteiger partial charge < -0.3 is 4.74 Å². The molecular weight excluding hydrogens is 428 g/mol. The van der Waals surface area contributed by atoms with Gasteiger partial charge in [0.2, 0.25) is 0 Å².